The number of hydrogen-bond donors (Lipinski definition) is 2. The monoisotopic (exact) mass is 314 g/mol. The number of nitrogens with zero attached hydrogens (tertiary/aromatic N) is 1. The van der Waals surface area contributed by atoms with Crippen molar-refractivity contribution in [3.63, 3.8) is 0 Å². The SMILES string of the molecule is COCC(NC(=O)N(C)C(C)c1cccc(Cl)c1)C(=O)O. The summed E-state index contributed by atoms with van der Waals surface area (Å²) in [4.78, 5) is 24.5. The van der Waals surface area contributed by atoms with Gasteiger partial charge in [-0.3, -0.25) is 0 Å². The standard InChI is InChI=1S/C14H19ClN2O4/c1-9(10-5-4-6-11(15)7-10)17(2)14(20)16-12(8-21-3)13(18)19/h4-7,9,12H,8H2,1-3H3,(H,16,20)(H,18,19). The lowest BCUT2D eigenvalue weighted by Gasteiger charge is -2.27. The fraction of sp³-hybridized carbons (Fsp3) is 0.429. The van der Waals surface area contributed by atoms with Crippen LogP contribution in [0.3, 0.4) is 0 Å². The van der Waals surface area contributed by atoms with Crippen molar-refractivity contribution < 1.29 is 19.4 Å². The first-order chi connectivity index (χ1) is 9.86. The molecule has 7 heteroatoms. The number of carboxylic acid groups (broad SMARTS) is 1. The van der Waals surface area contributed by atoms with E-state index in [0.717, 1.165) is 5.56 Å². The van der Waals surface area contributed by atoms with Gasteiger partial charge in [0.15, 0.2) is 6.04 Å². The third-order valence-electron chi connectivity index (χ3n) is 3.16. The number of ether oxygens (including phenoxy) is 1. The highest BCUT2D eigenvalue weighted by atomic mass is 35.5. The van der Waals surface area contributed by atoms with Crippen LogP contribution in [0.5, 0.6) is 0 Å². The molecule has 1 aromatic carbocycles. The highest BCUT2D eigenvalue weighted by Crippen LogP contribution is 2.21. The number of halogens is 1. The molecule has 1 rings (SSSR count). The first-order valence-electron chi connectivity index (χ1n) is 6.37. The fourth-order valence-electron chi connectivity index (χ4n) is 1.76. The van der Waals surface area contributed by atoms with Crippen LogP contribution in [-0.4, -0.2) is 48.8 Å². The van der Waals surface area contributed by atoms with Gasteiger partial charge in [-0.05, 0) is 24.6 Å². The van der Waals surface area contributed by atoms with Crippen molar-refractivity contribution in [3.8, 4) is 0 Å². The van der Waals surface area contributed by atoms with Gasteiger partial charge in [0.1, 0.15) is 0 Å². The quantitative estimate of drug-likeness (QED) is 0.843. The number of carbonyl (C=O) groups is 2. The molecule has 0 aromatic heterocycles. The molecule has 2 atom stereocenters. The topological polar surface area (TPSA) is 78.9 Å². The molecule has 0 aliphatic rings. The molecule has 0 aliphatic carbocycles. The Morgan fingerprint density at radius 1 is 1.48 bits per heavy atom. The molecule has 2 N–H and O–H groups in total. The largest absolute Gasteiger partial charge is 0.480 e. The Morgan fingerprint density at radius 3 is 2.67 bits per heavy atom. The number of aliphatic carboxylic acids is 1. The zero-order chi connectivity index (χ0) is 16.0. The molecular formula is C14H19ClN2O4. The molecule has 2 unspecified atom stereocenters. The minimum atomic E-state index is -1.14. The van der Waals surface area contributed by atoms with Gasteiger partial charge >= 0.3 is 12.0 Å². The van der Waals surface area contributed by atoms with Gasteiger partial charge in [0.25, 0.3) is 0 Å². The lowest BCUT2D eigenvalue weighted by Crippen LogP contribution is -2.49. The Morgan fingerprint density at radius 2 is 2.14 bits per heavy atom. The first-order valence-corrected chi connectivity index (χ1v) is 6.75. The van der Waals surface area contributed by atoms with Crippen LogP contribution >= 0.6 is 11.6 Å². The van der Waals surface area contributed by atoms with Crippen LogP contribution in [-0.2, 0) is 9.53 Å². The fourth-order valence-corrected chi connectivity index (χ4v) is 1.96. The van der Waals surface area contributed by atoms with E-state index in [1.54, 1.807) is 25.2 Å². The van der Waals surface area contributed by atoms with E-state index in [1.807, 2.05) is 13.0 Å². The van der Waals surface area contributed by atoms with E-state index >= 15 is 0 Å². The predicted molar refractivity (Wildman–Crippen MR) is 79.5 cm³/mol. The average molecular weight is 315 g/mol. The summed E-state index contributed by atoms with van der Waals surface area (Å²) in [5, 5.41) is 12.0. The van der Waals surface area contributed by atoms with Crippen LogP contribution in [0.25, 0.3) is 0 Å². The van der Waals surface area contributed by atoms with E-state index in [0.29, 0.717) is 5.02 Å². The number of carboxylic acids is 1. The molecule has 0 saturated carbocycles. The molecule has 0 saturated heterocycles. The summed E-state index contributed by atoms with van der Waals surface area (Å²) < 4.78 is 4.78. The van der Waals surface area contributed by atoms with Gasteiger partial charge in [0.05, 0.1) is 12.6 Å². The lowest BCUT2D eigenvalue weighted by atomic mass is 10.1. The summed E-state index contributed by atoms with van der Waals surface area (Å²) in [7, 11) is 2.97. The molecule has 1 aromatic rings. The average Bonchev–Trinajstić information content (AvgIpc) is 2.44. The summed E-state index contributed by atoms with van der Waals surface area (Å²) in [6, 6.07) is 5.33. The zero-order valence-corrected chi connectivity index (χ0v) is 12.9. The van der Waals surface area contributed by atoms with Crippen LogP contribution in [0.15, 0.2) is 24.3 Å². The van der Waals surface area contributed by atoms with E-state index < -0.39 is 18.0 Å². The molecule has 0 heterocycles. The maximum atomic E-state index is 12.1. The number of hydrogen-bond acceptors (Lipinski definition) is 3. The molecule has 116 valence electrons. The zero-order valence-electron chi connectivity index (χ0n) is 12.2. The second-order valence-electron chi connectivity index (χ2n) is 4.64. The van der Waals surface area contributed by atoms with E-state index in [9.17, 15) is 9.59 Å². The normalized spacial score (nSPS) is 13.3. The summed E-state index contributed by atoms with van der Waals surface area (Å²) in [6.45, 7) is 1.73. The van der Waals surface area contributed by atoms with Crippen molar-refractivity contribution in [1.82, 2.24) is 10.2 Å². The predicted octanol–water partition coefficient (Wildman–Crippen LogP) is 2.14. The van der Waals surface area contributed by atoms with Gasteiger partial charge in [-0.15, -0.1) is 0 Å². The number of amides is 2. The molecule has 6 nitrogen and oxygen atoms in total. The maximum Gasteiger partial charge on any atom is 0.328 e. The van der Waals surface area contributed by atoms with Crippen LogP contribution in [0, 0.1) is 0 Å². The van der Waals surface area contributed by atoms with Gasteiger partial charge in [-0.2, -0.15) is 0 Å². The van der Waals surface area contributed by atoms with Crippen molar-refractivity contribution >= 4 is 23.6 Å². The molecule has 2 amide bonds. The molecule has 0 bridgehead atoms. The molecule has 21 heavy (non-hydrogen) atoms. The second-order valence-corrected chi connectivity index (χ2v) is 5.07. The maximum absolute atomic E-state index is 12.1. The van der Waals surface area contributed by atoms with Gasteiger partial charge in [-0.25, -0.2) is 9.59 Å². The smallest absolute Gasteiger partial charge is 0.328 e. The highest BCUT2D eigenvalue weighted by molar-refractivity contribution is 6.30. The van der Waals surface area contributed by atoms with Crippen molar-refractivity contribution in [2.75, 3.05) is 20.8 Å². The van der Waals surface area contributed by atoms with Crippen LogP contribution < -0.4 is 5.32 Å². The number of methoxy groups -OCH3 is 1. The van der Waals surface area contributed by atoms with E-state index in [1.165, 1.54) is 12.0 Å². The van der Waals surface area contributed by atoms with Crippen LogP contribution in [0.2, 0.25) is 5.02 Å². The van der Waals surface area contributed by atoms with E-state index in [4.69, 9.17) is 21.4 Å². The third kappa shape index (κ3) is 4.91. The molecule has 0 fully saturated rings. The number of benzene rings is 1. The molecule has 0 radical (unpaired) electrons. The second kappa shape index (κ2) is 7.85. The van der Waals surface area contributed by atoms with Crippen molar-refractivity contribution in [3.05, 3.63) is 34.9 Å². The first kappa shape index (κ1) is 17.3. The van der Waals surface area contributed by atoms with Crippen LogP contribution in [0.4, 0.5) is 4.79 Å². The van der Waals surface area contributed by atoms with Gasteiger partial charge in [0.2, 0.25) is 0 Å². The summed E-state index contributed by atoms with van der Waals surface area (Å²) in [5.41, 5.74) is 0.860. The Labute approximate surface area is 128 Å². The Hall–Kier alpha value is -1.79. The number of rotatable bonds is 6. The van der Waals surface area contributed by atoms with Crippen LogP contribution in [0.1, 0.15) is 18.5 Å². The Balaban J connectivity index is 2.75. The lowest BCUT2D eigenvalue weighted by molar-refractivity contribution is -0.140. The van der Waals surface area contributed by atoms with E-state index in [-0.39, 0.29) is 12.6 Å². The van der Waals surface area contributed by atoms with E-state index in [2.05, 4.69) is 5.32 Å². The molecular weight excluding hydrogens is 296 g/mol. The van der Waals surface area contributed by atoms with Gasteiger partial charge < -0.3 is 20.1 Å². The number of urea groups is 1. The molecule has 0 aliphatic heterocycles. The summed E-state index contributed by atoms with van der Waals surface area (Å²) >= 11 is 5.93. The Bertz CT molecular complexity index is 510. The highest BCUT2D eigenvalue weighted by Gasteiger charge is 2.24. The minimum Gasteiger partial charge on any atom is -0.480 e. The van der Waals surface area contributed by atoms with Gasteiger partial charge in [0, 0.05) is 19.2 Å². The van der Waals surface area contributed by atoms with Crippen molar-refractivity contribution in [2.45, 2.75) is 19.0 Å². The summed E-state index contributed by atoms with van der Waals surface area (Å²) in [5.74, 6) is -1.14. The van der Waals surface area contributed by atoms with Crippen molar-refractivity contribution in [1.29, 1.82) is 0 Å². The summed E-state index contributed by atoms with van der Waals surface area (Å²) in [6.07, 6.45) is 0. The Kier molecular flexibility index (Phi) is 6.45. The van der Waals surface area contributed by atoms with Crippen molar-refractivity contribution in [2.24, 2.45) is 0 Å². The third-order valence-corrected chi connectivity index (χ3v) is 3.40. The van der Waals surface area contributed by atoms with Gasteiger partial charge in [-0.1, -0.05) is 23.7 Å². The minimum absolute atomic E-state index is 0.0968. The molecule has 0 spiro atoms. The number of carbonyl (C=O) groups excluding carboxylic acids is 1. The number of nitrogens with one attached hydrogen (secondary N) is 1.